The van der Waals surface area contributed by atoms with Gasteiger partial charge in [0.2, 0.25) is 6.29 Å². The molecule has 0 aliphatic carbocycles. The molecule has 0 heterocycles. The van der Waals surface area contributed by atoms with Crippen molar-refractivity contribution in [1.82, 2.24) is 0 Å². The molecule has 1 rings (SSSR count). The van der Waals surface area contributed by atoms with E-state index in [1.807, 2.05) is 58.0 Å². The molecule has 0 saturated carbocycles. The van der Waals surface area contributed by atoms with Gasteiger partial charge in [-0.3, -0.25) is 0 Å². The first-order valence-electron chi connectivity index (χ1n) is 6.14. The van der Waals surface area contributed by atoms with Gasteiger partial charge in [-0.1, -0.05) is 36.9 Å². The summed E-state index contributed by atoms with van der Waals surface area (Å²) in [5, 5.41) is 0. The lowest BCUT2D eigenvalue weighted by Crippen LogP contribution is -2.26. The fourth-order valence-electron chi connectivity index (χ4n) is 1.31. The first-order chi connectivity index (χ1) is 8.44. The second-order valence-electron chi connectivity index (χ2n) is 4.97. The van der Waals surface area contributed by atoms with Gasteiger partial charge in [0.05, 0.1) is 5.60 Å². The van der Waals surface area contributed by atoms with Crippen molar-refractivity contribution in [3.63, 3.8) is 0 Å². The summed E-state index contributed by atoms with van der Waals surface area (Å²) < 4.78 is 5.51. The Kier molecular flexibility index (Phi) is 5.54. The molecule has 0 aliphatic heterocycles. The van der Waals surface area contributed by atoms with E-state index < -0.39 is 6.29 Å². The van der Waals surface area contributed by atoms with Crippen molar-refractivity contribution in [2.45, 2.75) is 39.6 Å². The molecular formula is C15H22O3. The molecule has 3 heteroatoms. The number of hydrogen-bond donors (Lipinski definition) is 0. The van der Waals surface area contributed by atoms with E-state index in [4.69, 9.17) is 14.5 Å². The Balaban J connectivity index is 2.70. The highest BCUT2D eigenvalue weighted by atomic mass is 17.2. The molecule has 0 saturated heterocycles. The third kappa shape index (κ3) is 5.00. The molecule has 0 aliphatic rings. The van der Waals surface area contributed by atoms with Gasteiger partial charge < -0.3 is 4.74 Å². The summed E-state index contributed by atoms with van der Waals surface area (Å²) in [7, 11) is 0. The van der Waals surface area contributed by atoms with Gasteiger partial charge in [-0.05, 0) is 33.3 Å². The minimum absolute atomic E-state index is 0.383. The van der Waals surface area contributed by atoms with E-state index in [1.165, 1.54) is 0 Å². The van der Waals surface area contributed by atoms with E-state index in [0.717, 1.165) is 11.1 Å². The molecule has 1 aromatic rings. The standard InChI is InChI=1S/C15H22O3/c1-6-16-14(17-18-15(3,4)5)12(2)13-10-8-7-9-11-13/h7-11,14H,2,6H2,1,3-5H3. The second kappa shape index (κ2) is 6.69. The Hall–Kier alpha value is -1.16. The van der Waals surface area contributed by atoms with Crippen molar-refractivity contribution in [3.8, 4) is 0 Å². The van der Waals surface area contributed by atoms with Crippen LogP contribution in [0.25, 0.3) is 5.57 Å². The quantitative estimate of drug-likeness (QED) is 0.436. The SMILES string of the molecule is C=C(c1ccccc1)C(OCC)OOC(C)(C)C. The van der Waals surface area contributed by atoms with Crippen LogP contribution in [0.15, 0.2) is 36.9 Å². The monoisotopic (exact) mass is 250 g/mol. The second-order valence-corrected chi connectivity index (χ2v) is 4.97. The predicted octanol–water partition coefficient (Wildman–Crippen LogP) is 3.81. The molecule has 0 bridgehead atoms. The molecule has 1 aromatic carbocycles. The van der Waals surface area contributed by atoms with E-state index in [-0.39, 0.29) is 5.60 Å². The van der Waals surface area contributed by atoms with Crippen molar-refractivity contribution in [1.29, 1.82) is 0 Å². The molecular weight excluding hydrogens is 228 g/mol. The van der Waals surface area contributed by atoms with Crippen LogP contribution in [0.2, 0.25) is 0 Å². The third-order valence-electron chi connectivity index (χ3n) is 2.13. The Morgan fingerprint density at radius 1 is 1.22 bits per heavy atom. The fraction of sp³-hybridized carbons (Fsp3) is 0.467. The largest absolute Gasteiger partial charge is 0.346 e. The van der Waals surface area contributed by atoms with Crippen LogP contribution in [0, 0.1) is 0 Å². The molecule has 0 amide bonds. The van der Waals surface area contributed by atoms with Crippen LogP contribution in [-0.4, -0.2) is 18.5 Å². The first-order valence-corrected chi connectivity index (χ1v) is 6.14. The molecule has 0 aromatic heterocycles. The zero-order chi connectivity index (χ0) is 13.6. The van der Waals surface area contributed by atoms with Gasteiger partial charge in [-0.25, -0.2) is 4.89 Å². The van der Waals surface area contributed by atoms with Gasteiger partial charge in [0.15, 0.2) is 0 Å². The first kappa shape index (κ1) is 14.9. The van der Waals surface area contributed by atoms with Gasteiger partial charge >= 0.3 is 0 Å². The van der Waals surface area contributed by atoms with E-state index >= 15 is 0 Å². The molecule has 0 spiro atoms. The fourth-order valence-corrected chi connectivity index (χ4v) is 1.31. The molecule has 1 atom stereocenters. The Morgan fingerprint density at radius 2 is 1.83 bits per heavy atom. The summed E-state index contributed by atoms with van der Waals surface area (Å²) in [6.45, 7) is 12.2. The highest BCUT2D eigenvalue weighted by Crippen LogP contribution is 2.21. The highest BCUT2D eigenvalue weighted by Gasteiger charge is 2.20. The van der Waals surface area contributed by atoms with Crippen LogP contribution in [0.1, 0.15) is 33.3 Å². The van der Waals surface area contributed by atoms with Crippen LogP contribution in [0.4, 0.5) is 0 Å². The highest BCUT2D eigenvalue weighted by molar-refractivity contribution is 5.65. The molecule has 100 valence electrons. The summed E-state index contributed by atoms with van der Waals surface area (Å²) in [4.78, 5) is 10.6. The minimum Gasteiger partial charge on any atom is -0.346 e. The van der Waals surface area contributed by atoms with Gasteiger partial charge in [-0.15, -0.1) is 0 Å². The topological polar surface area (TPSA) is 27.7 Å². The van der Waals surface area contributed by atoms with Crippen LogP contribution < -0.4 is 0 Å². The number of benzene rings is 1. The summed E-state index contributed by atoms with van der Waals surface area (Å²) in [5.41, 5.74) is 1.35. The third-order valence-corrected chi connectivity index (χ3v) is 2.13. The Labute approximate surface area is 109 Å². The molecule has 3 nitrogen and oxygen atoms in total. The van der Waals surface area contributed by atoms with E-state index in [1.54, 1.807) is 0 Å². The summed E-state index contributed by atoms with van der Waals surface area (Å²) in [6.07, 6.45) is -0.586. The van der Waals surface area contributed by atoms with Crippen LogP contribution in [-0.2, 0) is 14.5 Å². The van der Waals surface area contributed by atoms with Crippen molar-refractivity contribution in [3.05, 3.63) is 42.5 Å². The molecule has 0 fully saturated rings. The average molecular weight is 250 g/mol. The lowest BCUT2D eigenvalue weighted by atomic mass is 10.1. The summed E-state index contributed by atoms with van der Waals surface area (Å²) >= 11 is 0. The van der Waals surface area contributed by atoms with Gasteiger partial charge in [0, 0.05) is 12.2 Å². The van der Waals surface area contributed by atoms with Crippen molar-refractivity contribution >= 4 is 5.57 Å². The van der Waals surface area contributed by atoms with Crippen LogP contribution in [0.5, 0.6) is 0 Å². The van der Waals surface area contributed by atoms with Crippen LogP contribution in [0.3, 0.4) is 0 Å². The van der Waals surface area contributed by atoms with Crippen molar-refractivity contribution in [2.75, 3.05) is 6.61 Å². The van der Waals surface area contributed by atoms with Crippen LogP contribution >= 0.6 is 0 Å². The smallest absolute Gasteiger partial charge is 0.217 e. The van der Waals surface area contributed by atoms with Crippen molar-refractivity contribution < 1.29 is 14.5 Å². The lowest BCUT2D eigenvalue weighted by molar-refractivity contribution is -0.401. The molecule has 18 heavy (non-hydrogen) atoms. The lowest BCUT2D eigenvalue weighted by Gasteiger charge is -2.24. The Bertz CT molecular complexity index is 365. The number of ether oxygens (including phenoxy) is 1. The van der Waals surface area contributed by atoms with Gasteiger partial charge in [-0.2, -0.15) is 4.89 Å². The van der Waals surface area contributed by atoms with E-state index in [2.05, 4.69) is 6.58 Å². The number of hydrogen-bond acceptors (Lipinski definition) is 3. The Morgan fingerprint density at radius 3 is 2.33 bits per heavy atom. The molecule has 0 radical (unpaired) electrons. The normalized spacial score (nSPS) is 13.3. The molecule has 0 N–H and O–H groups in total. The molecule has 1 unspecified atom stereocenters. The van der Waals surface area contributed by atoms with Crippen molar-refractivity contribution in [2.24, 2.45) is 0 Å². The zero-order valence-electron chi connectivity index (χ0n) is 11.6. The van der Waals surface area contributed by atoms with E-state index in [9.17, 15) is 0 Å². The summed E-state index contributed by atoms with van der Waals surface area (Å²) in [6, 6.07) is 9.80. The number of rotatable bonds is 6. The van der Waals surface area contributed by atoms with Gasteiger partial charge in [0.1, 0.15) is 0 Å². The van der Waals surface area contributed by atoms with E-state index in [0.29, 0.717) is 6.61 Å². The maximum absolute atomic E-state index is 5.51. The average Bonchev–Trinajstić information content (AvgIpc) is 2.33. The zero-order valence-corrected chi connectivity index (χ0v) is 11.6. The van der Waals surface area contributed by atoms with Gasteiger partial charge in [0.25, 0.3) is 0 Å². The summed E-state index contributed by atoms with van der Waals surface area (Å²) in [5.74, 6) is 0. The maximum atomic E-state index is 5.51. The predicted molar refractivity (Wildman–Crippen MR) is 72.8 cm³/mol. The minimum atomic E-state index is -0.586. The maximum Gasteiger partial charge on any atom is 0.217 e.